The molecule has 1 atom stereocenters. The van der Waals surface area contributed by atoms with Crippen molar-refractivity contribution in [2.45, 2.75) is 51.5 Å². The van der Waals surface area contributed by atoms with Gasteiger partial charge in [0.1, 0.15) is 5.82 Å². The Labute approximate surface area is 130 Å². The van der Waals surface area contributed by atoms with Crippen molar-refractivity contribution >= 4 is 15.9 Å². The zero-order chi connectivity index (χ0) is 14.5. The van der Waals surface area contributed by atoms with E-state index in [-0.39, 0.29) is 5.82 Å². The quantitative estimate of drug-likeness (QED) is 0.800. The molecule has 1 aliphatic carbocycles. The molecule has 0 saturated heterocycles. The molecule has 0 heterocycles. The van der Waals surface area contributed by atoms with Crippen molar-refractivity contribution in [1.82, 2.24) is 5.32 Å². The molecule has 1 aliphatic rings. The number of hydrogen-bond acceptors (Lipinski definition) is 1. The van der Waals surface area contributed by atoms with Gasteiger partial charge in [-0.25, -0.2) is 4.39 Å². The normalized spacial score (nSPS) is 24.6. The van der Waals surface area contributed by atoms with Gasteiger partial charge in [-0.1, -0.05) is 32.3 Å². The first-order valence-corrected chi connectivity index (χ1v) is 8.54. The minimum absolute atomic E-state index is 0.182. The Hall–Kier alpha value is -0.410. The van der Waals surface area contributed by atoms with Gasteiger partial charge in [0.25, 0.3) is 0 Å². The minimum atomic E-state index is -0.182. The van der Waals surface area contributed by atoms with Crippen LogP contribution in [-0.4, -0.2) is 13.1 Å². The van der Waals surface area contributed by atoms with Crippen LogP contribution in [0.4, 0.5) is 4.39 Å². The topological polar surface area (TPSA) is 12.0 Å². The van der Waals surface area contributed by atoms with Crippen LogP contribution in [0.2, 0.25) is 0 Å². The molecule has 1 aromatic rings. The molecular formula is C17H25BrFN. The summed E-state index contributed by atoms with van der Waals surface area (Å²) in [6.45, 7) is 2.30. The monoisotopic (exact) mass is 341 g/mol. The lowest BCUT2D eigenvalue weighted by molar-refractivity contribution is 0.222. The van der Waals surface area contributed by atoms with E-state index >= 15 is 0 Å². The van der Waals surface area contributed by atoms with Gasteiger partial charge in [0.15, 0.2) is 0 Å². The van der Waals surface area contributed by atoms with Crippen molar-refractivity contribution in [1.29, 1.82) is 0 Å². The summed E-state index contributed by atoms with van der Waals surface area (Å²) >= 11 is 3.28. The number of nitrogens with one attached hydrogen (secondary N) is 1. The van der Waals surface area contributed by atoms with Crippen LogP contribution in [-0.2, 0) is 6.42 Å². The Morgan fingerprint density at radius 3 is 2.55 bits per heavy atom. The fourth-order valence-electron chi connectivity index (χ4n) is 3.42. The van der Waals surface area contributed by atoms with Crippen molar-refractivity contribution in [3.05, 3.63) is 34.1 Å². The first-order valence-electron chi connectivity index (χ1n) is 7.75. The number of hydrogen-bond donors (Lipinski definition) is 1. The second kappa shape index (κ2) is 7.56. The van der Waals surface area contributed by atoms with Gasteiger partial charge in [-0.15, -0.1) is 0 Å². The summed E-state index contributed by atoms with van der Waals surface area (Å²) in [7, 11) is 2.05. The van der Waals surface area contributed by atoms with Crippen molar-refractivity contribution in [3.8, 4) is 0 Å². The van der Waals surface area contributed by atoms with E-state index in [1.807, 2.05) is 12.1 Å². The van der Waals surface area contributed by atoms with Gasteiger partial charge in [-0.2, -0.15) is 0 Å². The zero-order valence-corrected chi connectivity index (χ0v) is 14.0. The number of halogens is 2. The molecule has 20 heavy (non-hydrogen) atoms. The Bertz CT molecular complexity index is 427. The van der Waals surface area contributed by atoms with E-state index in [0.717, 1.165) is 18.3 Å². The SMILES string of the molecule is CCC1CCC(C(Cc2ccc(F)c(Br)c2)NC)CC1. The summed E-state index contributed by atoms with van der Waals surface area (Å²) in [6.07, 6.45) is 7.69. The summed E-state index contributed by atoms with van der Waals surface area (Å²) in [4.78, 5) is 0. The Morgan fingerprint density at radius 2 is 2.00 bits per heavy atom. The lowest BCUT2D eigenvalue weighted by Crippen LogP contribution is -2.37. The molecule has 112 valence electrons. The van der Waals surface area contributed by atoms with E-state index in [9.17, 15) is 4.39 Å². The highest BCUT2D eigenvalue weighted by molar-refractivity contribution is 9.10. The van der Waals surface area contributed by atoms with Crippen LogP contribution in [0.1, 0.15) is 44.6 Å². The molecule has 1 nitrogen and oxygen atoms in total. The maximum absolute atomic E-state index is 13.3. The van der Waals surface area contributed by atoms with Crippen LogP contribution in [0, 0.1) is 17.7 Å². The van der Waals surface area contributed by atoms with Crippen LogP contribution in [0.15, 0.2) is 22.7 Å². The standard InChI is InChI=1S/C17H25BrFN/c1-3-12-4-7-14(8-5-12)17(20-2)11-13-6-9-16(19)15(18)10-13/h6,9-10,12,14,17,20H,3-5,7-8,11H2,1-2H3. The summed E-state index contributed by atoms with van der Waals surface area (Å²) in [5.74, 6) is 1.51. The van der Waals surface area contributed by atoms with Gasteiger partial charge in [-0.05, 0) is 71.8 Å². The molecule has 3 heteroatoms. The van der Waals surface area contributed by atoms with Crippen molar-refractivity contribution in [2.75, 3.05) is 7.05 Å². The summed E-state index contributed by atoms with van der Waals surface area (Å²) in [6, 6.07) is 5.88. The number of rotatable bonds is 5. The summed E-state index contributed by atoms with van der Waals surface area (Å²) in [5, 5.41) is 3.48. The summed E-state index contributed by atoms with van der Waals surface area (Å²) < 4.78 is 13.9. The summed E-state index contributed by atoms with van der Waals surface area (Å²) in [5.41, 5.74) is 1.20. The third-order valence-electron chi connectivity index (χ3n) is 4.85. The van der Waals surface area contributed by atoms with Crippen LogP contribution < -0.4 is 5.32 Å². The van der Waals surface area contributed by atoms with Crippen LogP contribution in [0.3, 0.4) is 0 Å². The van der Waals surface area contributed by atoms with Gasteiger partial charge in [0, 0.05) is 6.04 Å². The molecule has 1 N–H and O–H groups in total. The first-order chi connectivity index (χ1) is 9.63. The van der Waals surface area contributed by atoms with E-state index in [4.69, 9.17) is 0 Å². The van der Waals surface area contributed by atoms with Crippen LogP contribution >= 0.6 is 15.9 Å². The van der Waals surface area contributed by atoms with Crippen molar-refractivity contribution < 1.29 is 4.39 Å². The minimum Gasteiger partial charge on any atom is -0.316 e. The van der Waals surface area contributed by atoms with Gasteiger partial charge in [0.2, 0.25) is 0 Å². The molecular weight excluding hydrogens is 317 g/mol. The van der Waals surface area contributed by atoms with Crippen molar-refractivity contribution in [2.24, 2.45) is 11.8 Å². The van der Waals surface area contributed by atoms with Crippen LogP contribution in [0.5, 0.6) is 0 Å². The van der Waals surface area contributed by atoms with Gasteiger partial charge >= 0.3 is 0 Å². The Balaban J connectivity index is 1.96. The van der Waals surface area contributed by atoms with Gasteiger partial charge in [-0.3, -0.25) is 0 Å². The molecule has 0 amide bonds. The third-order valence-corrected chi connectivity index (χ3v) is 5.46. The van der Waals surface area contributed by atoms with E-state index in [0.29, 0.717) is 10.5 Å². The largest absolute Gasteiger partial charge is 0.316 e. The molecule has 0 radical (unpaired) electrons. The number of benzene rings is 1. The highest BCUT2D eigenvalue weighted by atomic mass is 79.9. The lowest BCUT2D eigenvalue weighted by Gasteiger charge is -2.33. The van der Waals surface area contributed by atoms with E-state index < -0.39 is 0 Å². The molecule has 1 aromatic carbocycles. The maximum Gasteiger partial charge on any atom is 0.137 e. The molecule has 1 saturated carbocycles. The molecule has 1 unspecified atom stereocenters. The predicted molar refractivity (Wildman–Crippen MR) is 86.4 cm³/mol. The molecule has 0 spiro atoms. The zero-order valence-electron chi connectivity index (χ0n) is 12.5. The molecule has 0 aromatic heterocycles. The fourth-order valence-corrected chi connectivity index (χ4v) is 3.85. The molecule has 0 bridgehead atoms. The number of likely N-dealkylation sites (N-methyl/N-ethyl adjacent to an activating group) is 1. The Morgan fingerprint density at radius 1 is 1.30 bits per heavy atom. The highest BCUT2D eigenvalue weighted by Crippen LogP contribution is 2.33. The van der Waals surface area contributed by atoms with Gasteiger partial charge in [0.05, 0.1) is 4.47 Å². The second-order valence-electron chi connectivity index (χ2n) is 6.04. The van der Waals surface area contributed by atoms with Gasteiger partial charge < -0.3 is 5.32 Å². The molecule has 2 rings (SSSR count). The first kappa shape index (κ1) is 16.0. The Kier molecular flexibility index (Phi) is 6.03. The third kappa shape index (κ3) is 4.05. The molecule has 1 fully saturated rings. The second-order valence-corrected chi connectivity index (χ2v) is 6.89. The predicted octanol–water partition coefficient (Wildman–Crippen LogP) is 4.94. The average Bonchev–Trinajstić information content (AvgIpc) is 2.48. The van der Waals surface area contributed by atoms with E-state index in [2.05, 4.69) is 35.2 Å². The maximum atomic E-state index is 13.3. The van der Waals surface area contributed by atoms with E-state index in [1.54, 1.807) is 6.07 Å². The highest BCUT2D eigenvalue weighted by Gasteiger charge is 2.26. The molecule has 0 aliphatic heterocycles. The average molecular weight is 342 g/mol. The van der Waals surface area contributed by atoms with Crippen molar-refractivity contribution in [3.63, 3.8) is 0 Å². The fraction of sp³-hybridized carbons (Fsp3) is 0.647. The smallest absolute Gasteiger partial charge is 0.137 e. The van der Waals surface area contributed by atoms with Crippen LogP contribution in [0.25, 0.3) is 0 Å². The van der Waals surface area contributed by atoms with E-state index in [1.165, 1.54) is 37.7 Å². The lowest BCUT2D eigenvalue weighted by atomic mass is 9.76.